The van der Waals surface area contributed by atoms with Crippen molar-refractivity contribution in [1.29, 1.82) is 0 Å². The molecule has 9 nitrogen and oxygen atoms in total. The van der Waals surface area contributed by atoms with Gasteiger partial charge in [-0.05, 0) is 41.9 Å². The number of azide groups is 1. The Bertz CT molecular complexity index is 886. The van der Waals surface area contributed by atoms with Crippen LogP contribution in [-0.2, 0) is 9.84 Å². The highest BCUT2D eigenvalue weighted by atomic mass is 32.2. The van der Waals surface area contributed by atoms with E-state index in [4.69, 9.17) is 11.3 Å². The molecule has 0 fully saturated rings. The number of benzene rings is 2. The number of hydrogen-bond donors (Lipinski definition) is 1. The van der Waals surface area contributed by atoms with Crippen molar-refractivity contribution in [1.82, 2.24) is 0 Å². The maximum Gasteiger partial charge on any atom is 0.280 e. The molecule has 112 valence electrons. The van der Waals surface area contributed by atoms with Gasteiger partial charge >= 0.3 is 0 Å². The number of nitrogens with zero attached hydrogens (tertiary/aromatic N) is 4. The lowest BCUT2D eigenvalue weighted by molar-refractivity contribution is -0.384. The summed E-state index contributed by atoms with van der Waals surface area (Å²) in [6, 6.07) is 8.52. The van der Waals surface area contributed by atoms with Crippen LogP contribution in [0.2, 0.25) is 0 Å². The number of sulfone groups is 1. The van der Waals surface area contributed by atoms with Crippen LogP contribution >= 0.6 is 0 Å². The molecule has 0 spiro atoms. The van der Waals surface area contributed by atoms with Crippen LogP contribution < -0.4 is 5.73 Å². The van der Waals surface area contributed by atoms with Crippen molar-refractivity contribution in [3.8, 4) is 0 Å². The average Bonchev–Trinajstić information content (AvgIpc) is 2.48. The van der Waals surface area contributed by atoms with Crippen molar-refractivity contribution < 1.29 is 13.3 Å². The fourth-order valence-corrected chi connectivity index (χ4v) is 3.01. The van der Waals surface area contributed by atoms with E-state index in [-0.39, 0.29) is 15.5 Å². The van der Waals surface area contributed by atoms with Gasteiger partial charge in [-0.2, -0.15) is 0 Å². The van der Waals surface area contributed by atoms with E-state index in [1.807, 2.05) is 0 Å². The molecule has 0 aliphatic heterocycles. The fraction of sp³-hybridized carbons (Fsp3) is 0. The molecule has 0 bridgehead atoms. The van der Waals surface area contributed by atoms with E-state index in [0.29, 0.717) is 5.69 Å². The van der Waals surface area contributed by atoms with Crippen LogP contribution in [-0.4, -0.2) is 13.3 Å². The first-order chi connectivity index (χ1) is 10.4. The number of nitro benzene ring substituents is 1. The summed E-state index contributed by atoms with van der Waals surface area (Å²) in [7, 11) is -3.94. The maximum atomic E-state index is 12.4. The first-order valence-corrected chi connectivity index (χ1v) is 7.29. The Labute approximate surface area is 124 Å². The highest BCUT2D eigenvalue weighted by Crippen LogP contribution is 2.32. The van der Waals surface area contributed by atoms with E-state index in [0.717, 1.165) is 18.2 Å². The minimum Gasteiger partial charge on any atom is -0.399 e. The third-order valence-corrected chi connectivity index (χ3v) is 4.56. The second kappa shape index (κ2) is 5.72. The molecule has 0 saturated heterocycles. The molecule has 0 aliphatic carbocycles. The van der Waals surface area contributed by atoms with Crippen LogP contribution in [0.1, 0.15) is 0 Å². The number of hydrogen-bond acceptors (Lipinski definition) is 6. The molecule has 2 aromatic carbocycles. The van der Waals surface area contributed by atoms with Crippen molar-refractivity contribution in [3.63, 3.8) is 0 Å². The minimum absolute atomic E-state index is 0.0486. The molecule has 0 radical (unpaired) electrons. The van der Waals surface area contributed by atoms with Crippen LogP contribution in [0.25, 0.3) is 10.4 Å². The topological polar surface area (TPSA) is 152 Å². The summed E-state index contributed by atoms with van der Waals surface area (Å²) in [4.78, 5) is 12.3. The van der Waals surface area contributed by atoms with E-state index >= 15 is 0 Å². The molecule has 0 aromatic heterocycles. The molecule has 0 amide bonds. The standard InChI is InChI=1S/C12H9N5O4S/c13-8-1-3-9(4-2-8)22(20,21)10-5-6-11(15-16-14)12(7-10)17(18)19/h1-7H,13H2. The van der Waals surface area contributed by atoms with Crippen molar-refractivity contribution in [2.75, 3.05) is 5.73 Å². The Morgan fingerprint density at radius 2 is 1.73 bits per heavy atom. The van der Waals surface area contributed by atoms with Gasteiger partial charge in [-0.3, -0.25) is 10.1 Å². The van der Waals surface area contributed by atoms with Crippen LogP contribution in [0.5, 0.6) is 0 Å². The maximum absolute atomic E-state index is 12.4. The lowest BCUT2D eigenvalue weighted by atomic mass is 10.3. The Morgan fingerprint density at radius 3 is 2.27 bits per heavy atom. The normalized spacial score (nSPS) is 10.7. The third kappa shape index (κ3) is 2.82. The molecule has 0 unspecified atom stereocenters. The van der Waals surface area contributed by atoms with Crippen LogP contribution in [0.4, 0.5) is 17.1 Å². The van der Waals surface area contributed by atoms with Gasteiger partial charge < -0.3 is 5.73 Å². The molecule has 22 heavy (non-hydrogen) atoms. The molecule has 2 aromatic rings. The van der Waals surface area contributed by atoms with E-state index in [2.05, 4.69) is 10.0 Å². The van der Waals surface area contributed by atoms with E-state index in [1.165, 1.54) is 24.3 Å². The Morgan fingerprint density at radius 1 is 1.14 bits per heavy atom. The van der Waals surface area contributed by atoms with Gasteiger partial charge in [0.15, 0.2) is 0 Å². The van der Waals surface area contributed by atoms with Crippen molar-refractivity contribution in [3.05, 3.63) is 63.0 Å². The minimum atomic E-state index is -3.94. The summed E-state index contributed by atoms with van der Waals surface area (Å²) in [5, 5.41) is 14.1. The van der Waals surface area contributed by atoms with Crippen LogP contribution in [0, 0.1) is 10.1 Å². The highest BCUT2D eigenvalue weighted by molar-refractivity contribution is 7.91. The summed E-state index contributed by atoms with van der Waals surface area (Å²) in [6.07, 6.45) is 0. The molecule has 0 aliphatic rings. The number of nitrogen functional groups attached to an aromatic ring is 1. The molecule has 0 heterocycles. The lowest BCUT2D eigenvalue weighted by Gasteiger charge is -2.06. The number of rotatable bonds is 4. The predicted octanol–water partition coefficient (Wildman–Crippen LogP) is 2.95. The van der Waals surface area contributed by atoms with Crippen molar-refractivity contribution in [2.45, 2.75) is 9.79 Å². The molecule has 0 atom stereocenters. The smallest absolute Gasteiger partial charge is 0.280 e. The summed E-state index contributed by atoms with van der Waals surface area (Å²) in [6.45, 7) is 0. The van der Waals surface area contributed by atoms with Gasteiger partial charge in [0.05, 0.1) is 14.7 Å². The Balaban J connectivity index is 2.61. The molecular weight excluding hydrogens is 310 g/mol. The number of nitro groups is 1. The largest absolute Gasteiger partial charge is 0.399 e. The van der Waals surface area contributed by atoms with Gasteiger partial charge in [-0.15, -0.1) is 0 Å². The van der Waals surface area contributed by atoms with Gasteiger partial charge in [0.25, 0.3) is 5.69 Å². The van der Waals surface area contributed by atoms with Gasteiger partial charge in [-0.1, -0.05) is 5.11 Å². The van der Waals surface area contributed by atoms with Crippen LogP contribution in [0.3, 0.4) is 0 Å². The highest BCUT2D eigenvalue weighted by Gasteiger charge is 2.22. The number of anilines is 1. The zero-order valence-electron chi connectivity index (χ0n) is 10.9. The zero-order chi connectivity index (χ0) is 16.3. The lowest BCUT2D eigenvalue weighted by Crippen LogP contribution is -2.03. The second-order valence-electron chi connectivity index (χ2n) is 4.17. The van der Waals surface area contributed by atoms with Crippen molar-refractivity contribution >= 4 is 26.9 Å². The Hall–Kier alpha value is -3.10. The van der Waals surface area contributed by atoms with E-state index in [1.54, 1.807) is 0 Å². The molecule has 2 rings (SSSR count). The molecular formula is C12H9N5O4S. The first kappa shape index (κ1) is 15.3. The van der Waals surface area contributed by atoms with Gasteiger partial charge in [0, 0.05) is 16.7 Å². The van der Waals surface area contributed by atoms with Gasteiger partial charge in [-0.25, -0.2) is 8.42 Å². The van der Waals surface area contributed by atoms with E-state index < -0.39 is 20.4 Å². The fourth-order valence-electron chi connectivity index (χ4n) is 1.73. The summed E-state index contributed by atoms with van der Waals surface area (Å²) in [5.41, 5.74) is 13.4. The third-order valence-electron chi connectivity index (χ3n) is 2.80. The van der Waals surface area contributed by atoms with E-state index in [9.17, 15) is 18.5 Å². The average molecular weight is 319 g/mol. The van der Waals surface area contributed by atoms with Gasteiger partial charge in [0.2, 0.25) is 9.84 Å². The molecule has 10 heteroatoms. The van der Waals surface area contributed by atoms with Crippen molar-refractivity contribution in [2.24, 2.45) is 5.11 Å². The van der Waals surface area contributed by atoms with Gasteiger partial charge in [0.1, 0.15) is 5.69 Å². The summed E-state index contributed by atoms with van der Waals surface area (Å²) >= 11 is 0. The van der Waals surface area contributed by atoms with Crippen LogP contribution in [0.15, 0.2) is 57.4 Å². The second-order valence-corrected chi connectivity index (χ2v) is 6.12. The zero-order valence-corrected chi connectivity index (χ0v) is 11.8. The molecule has 0 saturated carbocycles. The number of nitrogens with two attached hydrogens (primary N) is 1. The molecule has 2 N–H and O–H groups in total. The quantitative estimate of drug-likeness (QED) is 0.229. The predicted molar refractivity (Wildman–Crippen MR) is 78.2 cm³/mol. The summed E-state index contributed by atoms with van der Waals surface area (Å²) < 4.78 is 24.8. The SMILES string of the molecule is [N-]=[N+]=Nc1ccc(S(=O)(=O)c2ccc(N)cc2)cc1[N+](=O)[O-]. The Kier molecular flexibility index (Phi) is 3.97. The summed E-state index contributed by atoms with van der Waals surface area (Å²) in [5.74, 6) is 0. The monoisotopic (exact) mass is 319 g/mol. The first-order valence-electron chi connectivity index (χ1n) is 5.80.